The van der Waals surface area contributed by atoms with Crippen LogP contribution in [0.15, 0.2) is 24.3 Å². The minimum absolute atomic E-state index is 0.0167. The number of hydrogen-bond donors (Lipinski definition) is 1. The van der Waals surface area contributed by atoms with Crippen LogP contribution in [0.2, 0.25) is 0 Å². The van der Waals surface area contributed by atoms with E-state index in [0.29, 0.717) is 13.1 Å². The van der Waals surface area contributed by atoms with E-state index in [0.717, 1.165) is 17.9 Å². The SMILES string of the molecule is COc1ccc([C@@H]2CNCCN2CCC(F)(F)F)cc1. The number of ether oxygens (including phenoxy) is 1. The van der Waals surface area contributed by atoms with Crippen LogP contribution in [-0.4, -0.2) is 44.4 Å². The first-order chi connectivity index (χ1) is 9.49. The van der Waals surface area contributed by atoms with Gasteiger partial charge >= 0.3 is 6.18 Å². The normalized spacial score (nSPS) is 20.9. The van der Waals surface area contributed by atoms with E-state index in [4.69, 9.17) is 4.74 Å². The largest absolute Gasteiger partial charge is 0.497 e. The first-order valence-corrected chi connectivity index (χ1v) is 6.65. The van der Waals surface area contributed by atoms with Gasteiger partial charge in [0.25, 0.3) is 0 Å². The molecule has 1 aliphatic heterocycles. The molecule has 20 heavy (non-hydrogen) atoms. The van der Waals surface area contributed by atoms with Crippen LogP contribution in [0.5, 0.6) is 5.75 Å². The Kier molecular flexibility index (Phi) is 4.88. The summed E-state index contributed by atoms with van der Waals surface area (Å²) in [6, 6.07) is 7.49. The topological polar surface area (TPSA) is 24.5 Å². The third-order valence-corrected chi connectivity index (χ3v) is 3.54. The number of hydrogen-bond acceptors (Lipinski definition) is 3. The lowest BCUT2D eigenvalue weighted by molar-refractivity contribution is -0.139. The van der Waals surface area contributed by atoms with Crippen molar-refractivity contribution < 1.29 is 17.9 Å². The molecule has 1 heterocycles. The first-order valence-electron chi connectivity index (χ1n) is 6.65. The van der Waals surface area contributed by atoms with Crippen LogP contribution < -0.4 is 10.1 Å². The van der Waals surface area contributed by atoms with Crippen LogP contribution in [0.1, 0.15) is 18.0 Å². The van der Waals surface area contributed by atoms with Gasteiger partial charge in [0.2, 0.25) is 0 Å². The predicted molar refractivity (Wildman–Crippen MR) is 70.8 cm³/mol. The summed E-state index contributed by atoms with van der Waals surface area (Å²) < 4.78 is 42.2. The molecule has 3 nitrogen and oxygen atoms in total. The molecule has 0 spiro atoms. The molecule has 0 aliphatic carbocycles. The van der Waals surface area contributed by atoms with Gasteiger partial charge in [-0.25, -0.2) is 0 Å². The highest BCUT2D eigenvalue weighted by Gasteiger charge is 2.31. The zero-order valence-electron chi connectivity index (χ0n) is 11.4. The van der Waals surface area contributed by atoms with Gasteiger partial charge in [-0.15, -0.1) is 0 Å². The molecule has 1 saturated heterocycles. The molecule has 2 rings (SSSR count). The Hall–Kier alpha value is -1.27. The van der Waals surface area contributed by atoms with E-state index in [2.05, 4.69) is 5.32 Å². The summed E-state index contributed by atoms with van der Waals surface area (Å²) in [5.41, 5.74) is 1.01. The standard InChI is InChI=1S/C14H19F3N2O/c1-20-12-4-2-11(3-5-12)13-10-18-7-9-19(13)8-6-14(15,16)17/h2-5,13,18H,6-10H2,1H3/t13-/m0/s1. The Balaban J connectivity index is 2.05. The van der Waals surface area contributed by atoms with Crippen molar-refractivity contribution in [1.29, 1.82) is 0 Å². The maximum absolute atomic E-state index is 12.4. The third-order valence-electron chi connectivity index (χ3n) is 3.54. The summed E-state index contributed by atoms with van der Waals surface area (Å²) >= 11 is 0. The van der Waals surface area contributed by atoms with E-state index in [9.17, 15) is 13.2 Å². The number of alkyl halides is 3. The lowest BCUT2D eigenvalue weighted by atomic mass is 10.0. The van der Waals surface area contributed by atoms with Crippen molar-refractivity contribution in [1.82, 2.24) is 10.2 Å². The zero-order valence-corrected chi connectivity index (χ0v) is 11.4. The van der Waals surface area contributed by atoms with Crippen LogP contribution in [0, 0.1) is 0 Å². The minimum atomic E-state index is -4.10. The van der Waals surface area contributed by atoms with E-state index in [-0.39, 0.29) is 12.6 Å². The fraction of sp³-hybridized carbons (Fsp3) is 0.571. The van der Waals surface area contributed by atoms with Crippen LogP contribution in [-0.2, 0) is 0 Å². The van der Waals surface area contributed by atoms with Crippen LogP contribution >= 0.6 is 0 Å². The highest BCUT2D eigenvalue weighted by atomic mass is 19.4. The molecule has 6 heteroatoms. The van der Waals surface area contributed by atoms with Gasteiger partial charge in [0.1, 0.15) is 5.75 Å². The third kappa shape index (κ3) is 4.11. The minimum Gasteiger partial charge on any atom is -0.497 e. The van der Waals surface area contributed by atoms with E-state index < -0.39 is 12.6 Å². The molecule has 112 valence electrons. The molecular formula is C14H19F3N2O. The molecule has 1 fully saturated rings. The molecule has 1 aromatic rings. The smallest absolute Gasteiger partial charge is 0.390 e. The van der Waals surface area contributed by atoms with Crippen LogP contribution in [0.25, 0.3) is 0 Å². The average molecular weight is 288 g/mol. The summed E-state index contributed by atoms with van der Waals surface area (Å²) in [7, 11) is 1.59. The lowest BCUT2D eigenvalue weighted by Crippen LogP contribution is -2.46. The molecule has 0 bridgehead atoms. The predicted octanol–water partition coefficient (Wildman–Crippen LogP) is 2.59. The van der Waals surface area contributed by atoms with Crippen molar-refractivity contribution in [3.8, 4) is 5.75 Å². The van der Waals surface area contributed by atoms with Crippen molar-refractivity contribution in [3.63, 3.8) is 0 Å². The second-order valence-electron chi connectivity index (χ2n) is 4.89. The molecular weight excluding hydrogens is 269 g/mol. The van der Waals surface area contributed by atoms with E-state index in [1.165, 1.54) is 0 Å². The van der Waals surface area contributed by atoms with Crippen LogP contribution in [0.4, 0.5) is 13.2 Å². The molecule has 0 radical (unpaired) electrons. The molecule has 0 amide bonds. The summed E-state index contributed by atoms with van der Waals surface area (Å²) in [5.74, 6) is 0.749. The Labute approximate surface area is 116 Å². The Bertz CT molecular complexity index is 419. The van der Waals surface area contributed by atoms with Gasteiger partial charge in [-0.1, -0.05) is 12.1 Å². The van der Waals surface area contributed by atoms with Crippen molar-refractivity contribution in [2.75, 3.05) is 33.3 Å². The van der Waals surface area contributed by atoms with Gasteiger partial charge in [0, 0.05) is 32.2 Å². The monoisotopic (exact) mass is 288 g/mol. The second kappa shape index (κ2) is 6.45. The van der Waals surface area contributed by atoms with E-state index in [1.807, 2.05) is 29.2 Å². The number of benzene rings is 1. The van der Waals surface area contributed by atoms with E-state index in [1.54, 1.807) is 7.11 Å². The summed E-state index contributed by atoms with van der Waals surface area (Å²) in [6.45, 7) is 2.07. The van der Waals surface area contributed by atoms with Gasteiger partial charge in [-0.05, 0) is 17.7 Å². The van der Waals surface area contributed by atoms with Crippen LogP contribution in [0.3, 0.4) is 0 Å². The van der Waals surface area contributed by atoms with Gasteiger partial charge in [-0.2, -0.15) is 13.2 Å². The molecule has 0 aromatic heterocycles. The Morgan fingerprint density at radius 2 is 2.00 bits per heavy atom. The first kappa shape index (κ1) is 15.1. The highest BCUT2D eigenvalue weighted by molar-refractivity contribution is 5.29. The highest BCUT2D eigenvalue weighted by Crippen LogP contribution is 2.27. The number of methoxy groups -OCH3 is 1. The number of nitrogens with zero attached hydrogens (tertiary/aromatic N) is 1. The zero-order chi connectivity index (χ0) is 14.6. The maximum atomic E-state index is 12.4. The average Bonchev–Trinajstić information content (AvgIpc) is 2.45. The second-order valence-corrected chi connectivity index (χ2v) is 4.89. The fourth-order valence-electron chi connectivity index (χ4n) is 2.44. The number of piperazine rings is 1. The summed E-state index contributed by atoms with van der Waals surface area (Å²) in [4.78, 5) is 1.89. The molecule has 0 unspecified atom stereocenters. The molecule has 0 saturated carbocycles. The van der Waals surface area contributed by atoms with E-state index >= 15 is 0 Å². The van der Waals surface area contributed by atoms with Gasteiger partial charge in [0.15, 0.2) is 0 Å². The molecule has 1 atom stereocenters. The van der Waals surface area contributed by atoms with Gasteiger partial charge < -0.3 is 10.1 Å². The maximum Gasteiger partial charge on any atom is 0.390 e. The number of nitrogens with one attached hydrogen (secondary N) is 1. The quantitative estimate of drug-likeness (QED) is 0.921. The summed E-state index contributed by atoms with van der Waals surface area (Å²) in [6.07, 6.45) is -4.87. The summed E-state index contributed by atoms with van der Waals surface area (Å²) in [5, 5.41) is 3.23. The Morgan fingerprint density at radius 1 is 1.30 bits per heavy atom. The van der Waals surface area contributed by atoms with Gasteiger partial charge in [-0.3, -0.25) is 4.90 Å². The van der Waals surface area contributed by atoms with Crippen molar-refractivity contribution in [2.24, 2.45) is 0 Å². The molecule has 1 N–H and O–H groups in total. The number of halogens is 3. The molecule has 1 aliphatic rings. The van der Waals surface area contributed by atoms with Crippen molar-refractivity contribution in [2.45, 2.75) is 18.6 Å². The number of rotatable bonds is 4. The molecule has 1 aromatic carbocycles. The Morgan fingerprint density at radius 3 is 2.60 bits per heavy atom. The fourth-order valence-corrected chi connectivity index (χ4v) is 2.44. The van der Waals surface area contributed by atoms with Crippen molar-refractivity contribution in [3.05, 3.63) is 29.8 Å². The van der Waals surface area contributed by atoms with Crippen molar-refractivity contribution >= 4 is 0 Å². The van der Waals surface area contributed by atoms with Gasteiger partial charge in [0.05, 0.1) is 13.5 Å². The lowest BCUT2D eigenvalue weighted by Gasteiger charge is -2.36.